The molecule has 0 aliphatic carbocycles. The van der Waals surface area contributed by atoms with Crippen LogP contribution in [0.5, 0.6) is 0 Å². The van der Waals surface area contributed by atoms with E-state index in [1.165, 1.54) is 29.5 Å². The number of carbonyl (C=O) groups excluding carboxylic acids is 2. The number of likely N-dealkylation sites (tertiary alicyclic amines) is 1. The van der Waals surface area contributed by atoms with Gasteiger partial charge in [0, 0.05) is 22.7 Å². The Morgan fingerprint density at radius 3 is 2.79 bits per heavy atom. The lowest BCUT2D eigenvalue weighted by atomic mass is 9.97. The average molecular weight is 430 g/mol. The zero-order valence-corrected chi connectivity index (χ0v) is 18.2. The van der Waals surface area contributed by atoms with Crippen LogP contribution >= 0.6 is 23.1 Å². The van der Waals surface area contributed by atoms with Crippen LogP contribution in [0.25, 0.3) is 0 Å². The molecule has 0 unspecified atom stereocenters. The lowest BCUT2D eigenvalue weighted by Gasteiger charge is -2.36. The number of rotatable bonds is 6. The summed E-state index contributed by atoms with van der Waals surface area (Å²) in [6.07, 6.45) is 2.60. The second-order valence-corrected chi connectivity index (χ2v) is 10.1. The number of amides is 2. The van der Waals surface area contributed by atoms with Gasteiger partial charge < -0.3 is 10.6 Å². The van der Waals surface area contributed by atoms with Crippen LogP contribution in [-0.4, -0.2) is 41.6 Å². The lowest BCUT2D eigenvalue weighted by Crippen LogP contribution is -2.42. The third kappa shape index (κ3) is 5.02. The van der Waals surface area contributed by atoms with Crippen molar-refractivity contribution in [2.45, 2.75) is 42.4 Å². The number of hydrogen-bond donors (Lipinski definition) is 2. The normalized spacial score (nSPS) is 21.3. The number of para-hydroxylation sites is 1. The lowest BCUT2D eigenvalue weighted by molar-refractivity contribution is -0.124. The zero-order chi connectivity index (χ0) is 20.2. The van der Waals surface area contributed by atoms with E-state index < -0.39 is 0 Å². The summed E-state index contributed by atoms with van der Waals surface area (Å²) in [7, 11) is 0. The molecule has 1 saturated heterocycles. The molecule has 2 aliphatic heterocycles. The van der Waals surface area contributed by atoms with Crippen LogP contribution in [0.15, 0.2) is 46.7 Å². The van der Waals surface area contributed by atoms with E-state index in [-0.39, 0.29) is 29.5 Å². The Morgan fingerprint density at radius 1 is 1.24 bits per heavy atom. The highest BCUT2D eigenvalue weighted by Crippen LogP contribution is 2.36. The van der Waals surface area contributed by atoms with Crippen molar-refractivity contribution < 1.29 is 9.59 Å². The van der Waals surface area contributed by atoms with Gasteiger partial charge in [0.25, 0.3) is 0 Å². The minimum Gasteiger partial charge on any atom is -0.354 e. The quantitative estimate of drug-likeness (QED) is 0.725. The molecule has 1 aromatic carbocycles. The molecule has 1 aromatic heterocycles. The third-order valence-corrected chi connectivity index (χ3v) is 7.95. The largest absolute Gasteiger partial charge is 0.354 e. The van der Waals surface area contributed by atoms with Crippen LogP contribution in [0.1, 0.15) is 37.1 Å². The Kier molecular flexibility index (Phi) is 6.57. The maximum Gasteiger partial charge on any atom is 0.238 e. The van der Waals surface area contributed by atoms with E-state index in [0.29, 0.717) is 6.54 Å². The molecule has 4 rings (SSSR count). The molecule has 2 aliphatic rings. The minimum atomic E-state index is -0.388. The second-order valence-electron chi connectivity index (χ2n) is 7.85. The summed E-state index contributed by atoms with van der Waals surface area (Å²) in [5, 5.41) is 7.72. The van der Waals surface area contributed by atoms with E-state index in [0.717, 1.165) is 29.6 Å². The Hall–Kier alpha value is -1.83. The van der Waals surface area contributed by atoms with Gasteiger partial charge in [0.1, 0.15) is 0 Å². The van der Waals surface area contributed by atoms with E-state index in [1.807, 2.05) is 24.3 Å². The maximum atomic E-state index is 12.7. The highest BCUT2D eigenvalue weighted by Gasteiger charge is 2.30. The number of thiophene rings is 1. The molecule has 29 heavy (non-hydrogen) atoms. The summed E-state index contributed by atoms with van der Waals surface area (Å²) in [6, 6.07) is 12.2. The molecule has 2 atom stereocenters. The van der Waals surface area contributed by atoms with Gasteiger partial charge in [0.05, 0.1) is 17.0 Å². The highest BCUT2D eigenvalue weighted by atomic mass is 32.2. The smallest absolute Gasteiger partial charge is 0.238 e. The fraction of sp³-hybridized carbons (Fsp3) is 0.455. The van der Waals surface area contributed by atoms with Crippen molar-refractivity contribution in [3.63, 3.8) is 0 Å². The van der Waals surface area contributed by atoms with Crippen molar-refractivity contribution in [3.05, 3.63) is 46.7 Å². The Bertz CT molecular complexity index is 848. The first-order valence-electron chi connectivity index (χ1n) is 10.2. The van der Waals surface area contributed by atoms with E-state index in [4.69, 9.17) is 0 Å². The molecule has 5 nitrogen and oxygen atoms in total. The third-order valence-electron chi connectivity index (χ3n) is 5.70. The number of nitrogens with zero attached hydrogens (tertiary/aromatic N) is 1. The molecule has 0 bridgehead atoms. The predicted molar refractivity (Wildman–Crippen MR) is 119 cm³/mol. The van der Waals surface area contributed by atoms with Gasteiger partial charge >= 0.3 is 0 Å². The summed E-state index contributed by atoms with van der Waals surface area (Å²) in [5.74, 6) is 0.613. The number of hydrogen-bond acceptors (Lipinski definition) is 5. The number of nitrogens with one attached hydrogen (secondary N) is 2. The topological polar surface area (TPSA) is 61.4 Å². The van der Waals surface area contributed by atoms with E-state index in [1.54, 1.807) is 11.3 Å². The van der Waals surface area contributed by atoms with Crippen LogP contribution in [0.4, 0.5) is 5.69 Å². The van der Waals surface area contributed by atoms with Crippen LogP contribution in [0.3, 0.4) is 0 Å². The Morgan fingerprint density at radius 2 is 2.03 bits per heavy atom. The maximum absolute atomic E-state index is 12.7. The van der Waals surface area contributed by atoms with Crippen molar-refractivity contribution in [2.75, 3.05) is 25.0 Å². The minimum absolute atomic E-state index is 0.0658. The number of anilines is 1. The van der Waals surface area contributed by atoms with Crippen LogP contribution in [-0.2, 0) is 9.59 Å². The van der Waals surface area contributed by atoms with E-state index in [2.05, 4.69) is 40.0 Å². The second kappa shape index (κ2) is 9.32. The zero-order valence-electron chi connectivity index (χ0n) is 16.6. The highest BCUT2D eigenvalue weighted by molar-refractivity contribution is 8.01. The summed E-state index contributed by atoms with van der Waals surface area (Å²) in [4.78, 5) is 29.8. The molecule has 2 aromatic rings. The van der Waals surface area contributed by atoms with Crippen molar-refractivity contribution >= 4 is 40.6 Å². The monoisotopic (exact) mass is 429 g/mol. The van der Waals surface area contributed by atoms with Crippen molar-refractivity contribution in [2.24, 2.45) is 5.92 Å². The molecular formula is C22H27N3O2S2. The predicted octanol–water partition coefficient (Wildman–Crippen LogP) is 4.14. The van der Waals surface area contributed by atoms with Crippen molar-refractivity contribution in [3.8, 4) is 0 Å². The molecule has 154 valence electrons. The first kappa shape index (κ1) is 20.4. The van der Waals surface area contributed by atoms with Crippen molar-refractivity contribution in [1.29, 1.82) is 0 Å². The van der Waals surface area contributed by atoms with Crippen LogP contribution < -0.4 is 10.6 Å². The van der Waals surface area contributed by atoms with Crippen molar-refractivity contribution in [1.82, 2.24) is 10.2 Å². The molecule has 0 radical (unpaired) electrons. The summed E-state index contributed by atoms with van der Waals surface area (Å²) in [5.41, 5.74) is 0.830. The molecule has 0 saturated carbocycles. The molecule has 2 amide bonds. The molecular weight excluding hydrogens is 402 g/mol. The number of thioether (sulfide) groups is 1. The van der Waals surface area contributed by atoms with E-state index >= 15 is 0 Å². The summed E-state index contributed by atoms with van der Waals surface area (Å²) >= 11 is 3.22. The molecule has 3 heterocycles. The first-order valence-corrected chi connectivity index (χ1v) is 12.0. The summed E-state index contributed by atoms with van der Waals surface area (Å²) in [6.45, 7) is 5.03. The molecule has 0 spiro atoms. The number of fused-ring (bicyclic) bond motifs is 1. The standard InChI is InChI=1S/C22H27N3O2S2/c1-15-8-10-25(11-9-15)17(19-7-4-12-28-19)14-23-21(26)13-20-22(27)24-16-5-2-3-6-18(16)29-20/h2-7,12,15,17,20H,8-11,13-14H2,1H3,(H,23,26)(H,24,27)/t17-,20-/m0/s1. The number of piperidine rings is 1. The van der Waals surface area contributed by atoms with Gasteiger partial charge in [-0.1, -0.05) is 25.1 Å². The van der Waals surface area contributed by atoms with Gasteiger partial charge in [-0.15, -0.1) is 23.1 Å². The average Bonchev–Trinajstić information content (AvgIpc) is 3.24. The van der Waals surface area contributed by atoms with Gasteiger partial charge in [-0.3, -0.25) is 14.5 Å². The van der Waals surface area contributed by atoms with Gasteiger partial charge in [-0.05, 0) is 55.4 Å². The molecule has 1 fully saturated rings. The van der Waals surface area contributed by atoms with Crippen LogP contribution in [0.2, 0.25) is 0 Å². The number of benzene rings is 1. The van der Waals surface area contributed by atoms with Gasteiger partial charge in [-0.2, -0.15) is 0 Å². The SMILES string of the molecule is CC1CCN([C@@H](CNC(=O)C[C@@H]2Sc3ccccc3NC2=O)c2cccs2)CC1. The molecule has 7 heteroatoms. The van der Waals surface area contributed by atoms with Crippen LogP contribution in [0, 0.1) is 5.92 Å². The molecule has 2 N–H and O–H groups in total. The fourth-order valence-electron chi connectivity index (χ4n) is 3.91. The Balaban J connectivity index is 1.35. The first-order chi connectivity index (χ1) is 14.1. The summed E-state index contributed by atoms with van der Waals surface area (Å²) < 4.78 is 0. The number of carbonyl (C=O) groups is 2. The fourth-order valence-corrected chi connectivity index (χ4v) is 5.88. The van der Waals surface area contributed by atoms with Gasteiger partial charge in [-0.25, -0.2) is 0 Å². The van der Waals surface area contributed by atoms with Gasteiger partial charge in [0.15, 0.2) is 0 Å². The Labute approximate surface area is 180 Å². The van der Waals surface area contributed by atoms with Gasteiger partial charge in [0.2, 0.25) is 11.8 Å². The van der Waals surface area contributed by atoms with E-state index in [9.17, 15) is 9.59 Å².